The molecule has 0 aliphatic carbocycles. The Labute approximate surface area is 318 Å². The molecule has 3 aromatic rings. The smallest absolute Gasteiger partial charge is 0.365 e. The molecule has 2 amide bonds. The van der Waals surface area contributed by atoms with Crippen LogP contribution in [0.25, 0.3) is 6.08 Å². The molecule has 0 spiro atoms. The maximum absolute atomic E-state index is 14.3. The summed E-state index contributed by atoms with van der Waals surface area (Å²) in [5.41, 5.74) is -2.55. The highest BCUT2D eigenvalue weighted by atomic mass is 35.5. The summed E-state index contributed by atoms with van der Waals surface area (Å²) in [4.78, 5) is 27.0. The molecule has 20 heteroatoms. The van der Waals surface area contributed by atoms with E-state index in [2.05, 4.69) is 10.6 Å². The van der Waals surface area contributed by atoms with E-state index in [9.17, 15) is 40.7 Å². The van der Waals surface area contributed by atoms with Gasteiger partial charge in [-0.3, -0.25) is 18.7 Å². The second kappa shape index (κ2) is 20.5. The second-order valence-corrected chi connectivity index (χ2v) is 16.3. The molecule has 0 radical (unpaired) electrons. The maximum atomic E-state index is 14.3. The number of ether oxygens (including phenoxy) is 1. The van der Waals surface area contributed by atoms with E-state index in [1.54, 1.807) is 18.2 Å². The third kappa shape index (κ3) is 11.4. The van der Waals surface area contributed by atoms with Crippen molar-refractivity contribution in [3.05, 3.63) is 104 Å². The number of hydrogen-bond donors (Lipinski definition) is 2. The monoisotopic (exact) mass is 844 g/mol. The van der Waals surface area contributed by atoms with Gasteiger partial charge in [0, 0.05) is 28.1 Å². The van der Waals surface area contributed by atoms with Gasteiger partial charge in [0.1, 0.15) is 18.4 Å². The number of carbonyl (C=O) groups is 2. The number of nitrogens with one attached hydrogen (secondary N) is 2. The molecule has 3 rings (SSSR count). The van der Waals surface area contributed by atoms with Crippen molar-refractivity contribution in [3.63, 3.8) is 0 Å². The molecule has 1 atom stereocenters. The van der Waals surface area contributed by atoms with Crippen LogP contribution in [0.15, 0.2) is 48.5 Å². The summed E-state index contributed by atoms with van der Waals surface area (Å²) in [5.74, 6) is -13.3. The Morgan fingerprint density at radius 1 is 0.722 bits per heavy atom. The van der Waals surface area contributed by atoms with Crippen LogP contribution < -0.4 is 15.4 Å². The molecule has 2 N–H and O–H groups in total. The van der Waals surface area contributed by atoms with Crippen molar-refractivity contribution in [2.45, 2.75) is 52.3 Å². The predicted molar refractivity (Wildman–Crippen MR) is 192 cm³/mol. The highest BCUT2D eigenvalue weighted by Gasteiger charge is 2.52. The summed E-state index contributed by atoms with van der Waals surface area (Å²) >= 11 is 12.4. The van der Waals surface area contributed by atoms with Crippen molar-refractivity contribution in [2.75, 3.05) is 26.4 Å². The van der Waals surface area contributed by atoms with E-state index in [0.717, 1.165) is 0 Å². The van der Waals surface area contributed by atoms with Gasteiger partial charge in [-0.2, -0.15) is 0 Å². The number of benzene rings is 3. The van der Waals surface area contributed by atoms with Crippen molar-refractivity contribution < 1.29 is 63.5 Å². The number of amides is 2. The summed E-state index contributed by atoms with van der Waals surface area (Å²) in [7, 11) is -9.07. The quantitative estimate of drug-likeness (QED) is 0.0375. The molecule has 296 valence electrons. The van der Waals surface area contributed by atoms with Crippen molar-refractivity contribution >= 4 is 56.3 Å². The first-order chi connectivity index (χ1) is 25.5. The van der Waals surface area contributed by atoms with Crippen LogP contribution in [0, 0.1) is 29.1 Å². The fourth-order valence-electron chi connectivity index (χ4n) is 4.78. The van der Waals surface area contributed by atoms with Crippen LogP contribution in [0.3, 0.4) is 0 Å². The molecule has 0 saturated carbocycles. The Bertz CT molecular complexity index is 1830. The van der Waals surface area contributed by atoms with E-state index in [4.69, 9.17) is 46.0 Å². The lowest BCUT2D eigenvalue weighted by Crippen LogP contribution is -2.50. The Hall–Kier alpha value is -3.33. The zero-order chi connectivity index (χ0) is 40.2. The minimum absolute atomic E-state index is 0.00907. The number of carbonyl (C=O) groups excluding carboxylic acids is 2. The lowest BCUT2D eigenvalue weighted by atomic mass is 10.0. The van der Waals surface area contributed by atoms with Gasteiger partial charge in [0.15, 0.2) is 23.3 Å². The number of halogens is 7. The van der Waals surface area contributed by atoms with Gasteiger partial charge in [0.2, 0.25) is 23.2 Å². The average Bonchev–Trinajstić information content (AvgIpc) is 3.12. The Morgan fingerprint density at radius 2 is 1.19 bits per heavy atom. The Morgan fingerprint density at radius 3 is 1.65 bits per heavy atom. The average molecular weight is 846 g/mol. The normalized spacial score (nSPS) is 12.7. The molecule has 0 aromatic heterocycles. The highest BCUT2D eigenvalue weighted by molar-refractivity contribution is 7.72. The number of rotatable bonds is 20. The summed E-state index contributed by atoms with van der Waals surface area (Å²) in [6.07, 6.45) is 0.430. The van der Waals surface area contributed by atoms with E-state index in [0.29, 0.717) is 39.1 Å². The highest BCUT2D eigenvalue weighted by Crippen LogP contribution is 2.69. The van der Waals surface area contributed by atoms with Gasteiger partial charge in [-0.1, -0.05) is 41.4 Å². The Kier molecular flexibility index (Phi) is 17.1. The maximum Gasteiger partial charge on any atom is 0.365 e. The molecule has 0 unspecified atom stereocenters. The molecule has 0 fully saturated rings. The first-order valence-electron chi connectivity index (χ1n) is 16.3. The summed E-state index contributed by atoms with van der Waals surface area (Å²) in [6.45, 7) is 4.99. The van der Waals surface area contributed by atoms with Crippen molar-refractivity contribution in [2.24, 2.45) is 0 Å². The molecule has 3 aromatic carbocycles. The SMILES string of the molecule is CCOP(=O)(OCC)C(NC(=O)[C@H](Cc1ccc(OCc2c(Cl)cccc2Cl)cc1)NC(=O)/C=C/c1c(F)c(F)c(F)c(F)c1F)P(=O)(OCC)OCC. The van der Waals surface area contributed by atoms with Gasteiger partial charge < -0.3 is 33.5 Å². The van der Waals surface area contributed by atoms with Crippen LogP contribution in [0.1, 0.15) is 44.4 Å². The molecular weight excluding hydrogens is 808 g/mol. The van der Waals surface area contributed by atoms with E-state index >= 15 is 0 Å². The van der Waals surface area contributed by atoms with Crippen LogP contribution in [0.2, 0.25) is 10.0 Å². The molecule has 0 aliphatic heterocycles. The minimum Gasteiger partial charge on any atom is -0.489 e. The Balaban J connectivity index is 2.00. The first kappa shape index (κ1) is 45.1. The van der Waals surface area contributed by atoms with Gasteiger partial charge >= 0.3 is 15.2 Å². The number of hydrogen-bond acceptors (Lipinski definition) is 9. The van der Waals surface area contributed by atoms with Crippen LogP contribution in [0.4, 0.5) is 22.0 Å². The van der Waals surface area contributed by atoms with Crippen LogP contribution >= 0.6 is 38.4 Å². The van der Waals surface area contributed by atoms with Gasteiger partial charge in [0.05, 0.1) is 32.0 Å². The zero-order valence-corrected chi connectivity index (χ0v) is 32.6. The van der Waals surface area contributed by atoms with E-state index in [-0.39, 0.29) is 39.5 Å². The van der Waals surface area contributed by atoms with Gasteiger partial charge in [-0.15, -0.1) is 0 Å². The standard InChI is InChI=1S/C34H37Cl2F5N2O9P2/c1-5-49-53(46,50-6-2)34(54(47,51-7-3)52-8-4)43-33(45)26(42-27(44)17-16-22-28(37)30(39)32(41)31(40)29(22)38)18-20-12-14-21(15-13-20)48-19-23-24(35)10-9-11-25(23)36/h9-17,26,34H,5-8,18-19H2,1-4H3,(H,42,44)(H,43,45)/b17-16+/t26-/m0/s1. The minimum atomic E-state index is -4.54. The molecule has 0 bridgehead atoms. The fraction of sp³-hybridized carbons (Fsp3) is 0.353. The summed E-state index contributed by atoms with van der Waals surface area (Å²) in [6, 6.07) is 9.40. The first-order valence-corrected chi connectivity index (χ1v) is 20.3. The van der Waals surface area contributed by atoms with Crippen LogP contribution in [0.5, 0.6) is 5.75 Å². The van der Waals surface area contributed by atoms with Crippen LogP contribution in [-0.4, -0.2) is 49.8 Å². The second-order valence-electron chi connectivity index (χ2n) is 10.8. The lowest BCUT2D eigenvalue weighted by Gasteiger charge is -2.32. The summed E-state index contributed by atoms with van der Waals surface area (Å²) < 4.78 is 125. The van der Waals surface area contributed by atoms with Gasteiger partial charge in [-0.25, -0.2) is 22.0 Å². The summed E-state index contributed by atoms with van der Waals surface area (Å²) in [5, 5.41) is 5.36. The molecule has 0 heterocycles. The largest absolute Gasteiger partial charge is 0.489 e. The van der Waals surface area contributed by atoms with Crippen LogP contribution in [-0.2, 0) is 49.8 Å². The van der Waals surface area contributed by atoms with E-state index in [1.807, 2.05) is 0 Å². The van der Waals surface area contributed by atoms with Crippen molar-refractivity contribution in [1.29, 1.82) is 0 Å². The van der Waals surface area contributed by atoms with E-state index in [1.165, 1.54) is 52.0 Å². The van der Waals surface area contributed by atoms with Crippen molar-refractivity contribution in [1.82, 2.24) is 10.6 Å². The third-order valence-electron chi connectivity index (χ3n) is 7.19. The third-order valence-corrected chi connectivity index (χ3v) is 13.5. The molecule has 0 aliphatic rings. The predicted octanol–water partition coefficient (Wildman–Crippen LogP) is 8.94. The van der Waals surface area contributed by atoms with E-state index < -0.39 is 73.2 Å². The lowest BCUT2D eigenvalue weighted by molar-refractivity contribution is -0.127. The zero-order valence-electron chi connectivity index (χ0n) is 29.3. The molecule has 11 nitrogen and oxygen atoms in total. The van der Waals surface area contributed by atoms with Gasteiger partial charge in [0.25, 0.3) is 0 Å². The topological polar surface area (TPSA) is 138 Å². The molecular formula is C34H37Cl2F5N2O9P2. The van der Waals surface area contributed by atoms with Crippen molar-refractivity contribution in [3.8, 4) is 5.75 Å². The fourth-order valence-corrected chi connectivity index (χ4v) is 10.2. The molecule has 0 saturated heterocycles. The van der Waals surface area contributed by atoms with Gasteiger partial charge in [-0.05, 0) is 63.6 Å². The molecule has 54 heavy (non-hydrogen) atoms.